The van der Waals surface area contributed by atoms with Crippen LogP contribution < -0.4 is 0 Å². The van der Waals surface area contributed by atoms with E-state index in [2.05, 4.69) is 0 Å². The molecule has 0 aliphatic carbocycles. The first-order valence-corrected chi connectivity index (χ1v) is 14.0. The molecule has 10 aliphatic heterocycles. The van der Waals surface area contributed by atoms with Gasteiger partial charge in [0.15, 0.2) is 0 Å². The molecule has 82 valence electrons. The second-order valence-electron chi connectivity index (χ2n) is 10.2. The molecule has 10 heterocycles. The van der Waals surface area contributed by atoms with Crippen LogP contribution in [0.4, 0.5) is 0 Å². The maximum absolute atomic E-state index is 12.1. The maximum atomic E-state index is 12.1. The summed E-state index contributed by atoms with van der Waals surface area (Å²) in [6, 6.07) is 0. The van der Waals surface area contributed by atoms with Crippen LogP contribution in [0.5, 0.6) is 0 Å². The van der Waals surface area contributed by atoms with Gasteiger partial charge in [0.25, 0.3) is 0 Å². The molecule has 15 heavy (non-hydrogen) atoms. The van der Waals surface area contributed by atoms with E-state index in [0.29, 0.717) is 0 Å². The molecule has 0 radical (unpaired) electrons. The SMILES string of the molecule is O=P(O)(O)[C]12[CH]3[CH]4[CH]5[CH]1[Fe]45321678[CH]2[CH]1[CH]6[CH]7[CH]28. The quantitative estimate of drug-likeness (QED) is 0.566. The normalized spacial score (nSPS) is 135. The minimum absolute atomic E-state index is 0.202. The van der Waals surface area contributed by atoms with Crippen LogP contribution in [0.2, 0.25) is 43.3 Å². The number of hydrogen-bond acceptors (Lipinski definition) is 1. The monoisotopic (exact) mass is 266 g/mol. The van der Waals surface area contributed by atoms with Gasteiger partial charge in [0, 0.05) is 0 Å². The first-order chi connectivity index (χ1) is 6.80. The van der Waals surface area contributed by atoms with Gasteiger partial charge < -0.3 is 0 Å². The Kier molecular flexibility index (Phi) is 0.141. The topological polar surface area (TPSA) is 57.5 Å². The van der Waals surface area contributed by atoms with Gasteiger partial charge >= 0.3 is 75.9 Å². The molecule has 4 atom stereocenters. The van der Waals surface area contributed by atoms with Crippen molar-refractivity contribution in [3.8, 4) is 0 Å². The van der Waals surface area contributed by atoms with E-state index >= 15 is 0 Å². The van der Waals surface area contributed by atoms with Crippen molar-refractivity contribution >= 4 is 7.60 Å². The standard InChI is InChI=1S/C5H6O3P.C5H5.Fe/c6-9(7,8)5-3-1-2-4-5;1-2-4-5-3-1;/h1-4H,(H2,6,7,8);1-5H;. The van der Waals surface area contributed by atoms with Gasteiger partial charge in [0.2, 0.25) is 0 Å². The third-order valence-electron chi connectivity index (χ3n) is 15.0. The van der Waals surface area contributed by atoms with Crippen molar-refractivity contribution in [2.45, 2.75) is 47.4 Å². The summed E-state index contributed by atoms with van der Waals surface area (Å²) >= 11 is 0. The van der Waals surface area contributed by atoms with Gasteiger partial charge in [-0.1, -0.05) is 0 Å². The van der Waals surface area contributed by atoms with Crippen LogP contribution in [0.15, 0.2) is 0 Å². The van der Waals surface area contributed by atoms with Gasteiger partial charge in [-0.15, -0.1) is 0 Å². The third kappa shape index (κ3) is 0.0475. The van der Waals surface area contributed by atoms with Crippen LogP contribution >= 0.6 is 7.60 Å². The molecule has 4 unspecified atom stereocenters. The van der Waals surface area contributed by atoms with E-state index in [1.165, 1.54) is 0 Å². The summed E-state index contributed by atoms with van der Waals surface area (Å²) in [7, 11) is -3.74. The van der Waals surface area contributed by atoms with Crippen LogP contribution in [-0.2, 0) is 11.1 Å². The Labute approximate surface area is 76.1 Å². The van der Waals surface area contributed by atoms with Gasteiger partial charge in [-0.2, -0.15) is 0 Å². The molecule has 10 fully saturated rings. The number of hydrogen-bond donors (Lipinski definition) is 2. The Morgan fingerprint density at radius 2 is 1.27 bits per heavy atom. The molecule has 1 spiro atoms. The van der Waals surface area contributed by atoms with E-state index in [0.717, 1.165) is 43.3 Å². The Morgan fingerprint density at radius 1 is 0.867 bits per heavy atom. The number of fused-ring (bicyclic) bond motifs is 10. The Hall–Kier alpha value is 0.669. The predicted molar refractivity (Wildman–Crippen MR) is 48.5 cm³/mol. The molecule has 3 nitrogen and oxygen atoms in total. The molecule has 0 saturated carbocycles. The average molecular weight is 266 g/mol. The molecule has 0 aromatic carbocycles. The first kappa shape index (κ1) is 5.54. The second-order valence-corrected chi connectivity index (χ2v) is 36.0. The van der Waals surface area contributed by atoms with Gasteiger partial charge in [0.1, 0.15) is 0 Å². The predicted octanol–water partition coefficient (Wildman–Crippen LogP) is 2.46. The molecule has 0 bridgehead atoms. The third-order valence-corrected chi connectivity index (χ3v) is 63.2. The van der Waals surface area contributed by atoms with E-state index < -0.39 is 14.1 Å². The fourth-order valence-electron chi connectivity index (χ4n) is 16.9. The Balaban J connectivity index is 1.89. The summed E-state index contributed by atoms with van der Waals surface area (Å²) < 4.78 is 11.9. The van der Waals surface area contributed by atoms with Crippen molar-refractivity contribution in [2.24, 2.45) is 0 Å². The van der Waals surface area contributed by atoms with Crippen LogP contribution in [0.3, 0.4) is 0 Å². The summed E-state index contributed by atoms with van der Waals surface area (Å²) in [5, 5.41) is 0. The summed E-state index contributed by atoms with van der Waals surface area (Å²) in [6.45, 7) is -3.45. The van der Waals surface area contributed by atoms with Crippen LogP contribution in [0.1, 0.15) is 0 Å². The van der Waals surface area contributed by atoms with Gasteiger partial charge in [-0.05, 0) is 0 Å². The van der Waals surface area contributed by atoms with Gasteiger partial charge in [-0.3, -0.25) is 0 Å². The summed E-state index contributed by atoms with van der Waals surface area (Å²) in [5.41, 5.74) is 0. The summed E-state index contributed by atoms with van der Waals surface area (Å²) in [5.74, 6) is 0. The molecule has 0 amide bonds. The van der Waals surface area contributed by atoms with Crippen molar-refractivity contribution in [2.75, 3.05) is 0 Å². The molecule has 0 aromatic rings. The molecule has 5 heteroatoms. The molecule has 10 aliphatic rings. The van der Waals surface area contributed by atoms with Crippen molar-refractivity contribution in [3.63, 3.8) is 0 Å². The zero-order valence-electron chi connectivity index (χ0n) is 7.80. The van der Waals surface area contributed by atoms with Crippen molar-refractivity contribution in [3.05, 3.63) is 0 Å². The second kappa shape index (κ2) is 0.382. The zero-order chi connectivity index (χ0) is 9.51. The average Bonchev–Trinajstić information content (AvgIpc) is 3.12. The molecule has 10 rings (SSSR count). The first-order valence-electron chi connectivity index (χ1n) is 6.06. The molecule has 10 saturated heterocycles. The van der Waals surface area contributed by atoms with Crippen LogP contribution in [0, 0.1) is 0 Å². The fourth-order valence-corrected chi connectivity index (χ4v) is 104. The summed E-state index contributed by atoms with van der Waals surface area (Å²) in [4.78, 5) is 28.6. The van der Waals surface area contributed by atoms with Gasteiger partial charge in [0.05, 0.1) is 0 Å². The van der Waals surface area contributed by atoms with E-state index in [1.807, 2.05) is 0 Å². The molecular weight excluding hydrogens is 255 g/mol. The molecular formula is C10H11FeO3P. The molecule has 2 N–H and O–H groups in total. The van der Waals surface area contributed by atoms with E-state index in [-0.39, 0.29) is 4.05 Å². The Morgan fingerprint density at radius 3 is 1.33 bits per heavy atom. The van der Waals surface area contributed by atoms with E-state index in [1.54, 1.807) is 0 Å². The number of rotatable bonds is 1. The minimum atomic E-state index is -3.74. The van der Waals surface area contributed by atoms with Gasteiger partial charge in [-0.25, -0.2) is 0 Å². The zero-order valence-corrected chi connectivity index (χ0v) is 9.80. The fraction of sp³-hybridized carbons (Fsp3) is 1.00. The van der Waals surface area contributed by atoms with Crippen molar-refractivity contribution in [1.29, 1.82) is 0 Å². The van der Waals surface area contributed by atoms with Crippen LogP contribution in [0.25, 0.3) is 0 Å². The summed E-state index contributed by atoms with van der Waals surface area (Å²) in [6.07, 6.45) is 0. The van der Waals surface area contributed by atoms with Crippen molar-refractivity contribution in [1.82, 2.24) is 0 Å². The van der Waals surface area contributed by atoms with Crippen molar-refractivity contribution < 1.29 is 20.9 Å². The van der Waals surface area contributed by atoms with E-state index in [4.69, 9.17) is 0 Å². The van der Waals surface area contributed by atoms with E-state index in [9.17, 15) is 14.4 Å². The Bertz CT molecular complexity index is 910. The molecule has 0 aromatic heterocycles. The van der Waals surface area contributed by atoms with Crippen LogP contribution in [-0.4, -0.2) is 13.8 Å².